The van der Waals surface area contributed by atoms with Gasteiger partial charge in [-0.25, -0.2) is 0 Å². The van der Waals surface area contributed by atoms with E-state index in [0.717, 1.165) is 37.8 Å². The van der Waals surface area contributed by atoms with Crippen LogP contribution >= 0.6 is 0 Å². The lowest BCUT2D eigenvalue weighted by atomic mass is 9.49. The smallest absolute Gasteiger partial charge is 0.310 e. The maximum atomic E-state index is 12.8. The highest BCUT2D eigenvalue weighted by Gasteiger charge is 2.67. The van der Waals surface area contributed by atoms with Crippen LogP contribution in [0.15, 0.2) is 18.2 Å². The summed E-state index contributed by atoms with van der Waals surface area (Å²) in [6.07, 6.45) is 4.68. The Morgan fingerprint density at radius 2 is 1.88 bits per heavy atom. The number of hydrogen-bond donors (Lipinski definition) is 2. The molecule has 4 rings (SSSR count). The van der Waals surface area contributed by atoms with Gasteiger partial charge in [-0.1, -0.05) is 13.0 Å². The average molecular weight is 462 g/mol. The molecular formula is C26H39NO6. The highest BCUT2D eigenvalue weighted by Crippen LogP contribution is 2.61. The lowest BCUT2D eigenvalue weighted by molar-refractivity contribution is -0.270. The molecule has 7 heteroatoms. The summed E-state index contributed by atoms with van der Waals surface area (Å²) in [4.78, 5) is 12.8. The Morgan fingerprint density at radius 3 is 2.58 bits per heavy atom. The van der Waals surface area contributed by atoms with E-state index < -0.39 is 11.2 Å². The number of esters is 1. The Hall–Kier alpha value is -1.83. The molecule has 6 atom stereocenters. The third-order valence-electron chi connectivity index (χ3n) is 8.86. The van der Waals surface area contributed by atoms with Crippen LogP contribution in [-0.2, 0) is 20.7 Å². The predicted octanol–water partition coefficient (Wildman–Crippen LogP) is 3.11. The Balaban J connectivity index is 1.40. The number of carbonyl (C=O) groups excluding carboxylic acids is 1. The van der Waals surface area contributed by atoms with Gasteiger partial charge in [0.05, 0.1) is 31.3 Å². The van der Waals surface area contributed by atoms with E-state index in [-0.39, 0.29) is 29.3 Å². The van der Waals surface area contributed by atoms with Gasteiger partial charge in [-0.2, -0.15) is 0 Å². The molecule has 184 valence electrons. The zero-order valence-electron chi connectivity index (χ0n) is 20.6. The second kappa shape index (κ2) is 9.08. The fourth-order valence-electron chi connectivity index (χ4n) is 6.64. The van der Waals surface area contributed by atoms with Gasteiger partial charge < -0.3 is 29.4 Å². The number of aliphatic hydroxyl groups is 1. The van der Waals surface area contributed by atoms with Gasteiger partial charge in [0.2, 0.25) is 0 Å². The summed E-state index contributed by atoms with van der Waals surface area (Å²) >= 11 is 0. The average Bonchev–Trinajstić information content (AvgIpc) is 3.09. The molecule has 33 heavy (non-hydrogen) atoms. The number of rotatable bonds is 8. The molecule has 3 aliphatic rings. The van der Waals surface area contributed by atoms with Gasteiger partial charge in [-0.15, -0.1) is 0 Å². The molecule has 2 aliphatic carbocycles. The minimum absolute atomic E-state index is 0.00303. The standard InChI is InChI=1S/C26H39NO6/c1-24-10-6-11-25(2,32-5)26(24,29)14-18-19(23(28)33-22(18)15-24)16-27-12-9-17-7-8-20(30-3)21(13-17)31-4/h7-8,13,18-19,22,27,29H,6,9-12,14-16H2,1-5H3. The lowest BCUT2D eigenvalue weighted by Crippen LogP contribution is -2.69. The second-order valence-corrected chi connectivity index (χ2v) is 10.5. The van der Waals surface area contributed by atoms with Crippen molar-refractivity contribution in [2.45, 2.75) is 69.7 Å². The molecule has 0 bridgehead atoms. The van der Waals surface area contributed by atoms with Crippen LogP contribution < -0.4 is 14.8 Å². The van der Waals surface area contributed by atoms with Gasteiger partial charge in [0, 0.05) is 25.0 Å². The van der Waals surface area contributed by atoms with Crippen LogP contribution in [-0.4, -0.2) is 62.8 Å². The molecule has 2 saturated carbocycles. The molecule has 1 saturated heterocycles. The van der Waals surface area contributed by atoms with Crippen LogP contribution in [0, 0.1) is 17.3 Å². The number of carbonyl (C=O) groups is 1. The maximum Gasteiger partial charge on any atom is 0.310 e. The SMILES string of the molecule is COc1ccc(CCNCC2C(=O)OC3CC4(C)CCCC(C)(OC)C4(O)CC32)cc1OC. The largest absolute Gasteiger partial charge is 0.493 e. The predicted molar refractivity (Wildman–Crippen MR) is 125 cm³/mol. The van der Waals surface area contributed by atoms with E-state index in [0.29, 0.717) is 30.9 Å². The number of methoxy groups -OCH3 is 3. The monoisotopic (exact) mass is 461 g/mol. The van der Waals surface area contributed by atoms with Crippen LogP contribution in [0.2, 0.25) is 0 Å². The van der Waals surface area contributed by atoms with E-state index in [9.17, 15) is 9.90 Å². The van der Waals surface area contributed by atoms with Crippen molar-refractivity contribution in [3.05, 3.63) is 23.8 Å². The molecule has 1 aromatic carbocycles. The fraction of sp³-hybridized carbons (Fsp3) is 0.731. The quantitative estimate of drug-likeness (QED) is 0.454. The topological polar surface area (TPSA) is 86.3 Å². The zero-order valence-corrected chi connectivity index (χ0v) is 20.6. The van der Waals surface area contributed by atoms with Gasteiger partial charge in [0.25, 0.3) is 0 Å². The Bertz CT molecular complexity index is 876. The summed E-state index contributed by atoms with van der Waals surface area (Å²) < 4.78 is 22.4. The zero-order chi connectivity index (χ0) is 23.9. The van der Waals surface area contributed by atoms with Crippen LogP contribution in [0.25, 0.3) is 0 Å². The third-order valence-corrected chi connectivity index (χ3v) is 8.86. The van der Waals surface area contributed by atoms with Crippen molar-refractivity contribution in [2.24, 2.45) is 17.3 Å². The van der Waals surface area contributed by atoms with Crippen molar-refractivity contribution in [3.8, 4) is 11.5 Å². The van der Waals surface area contributed by atoms with Crippen LogP contribution in [0.5, 0.6) is 11.5 Å². The van der Waals surface area contributed by atoms with Crippen molar-refractivity contribution in [1.82, 2.24) is 5.32 Å². The Morgan fingerprint density at radius 1 is 1.12 bits per heavy atom. The first-order chi connectivity index (χ1) is 15.7. The van der Waals surface area contributed by atoms with Crippen molar-refractivity contribution in [1.29, 1.82) is 0 Å². The minimum Gasteiger partial charge on any atom is -0.493 e. The van der Waals surface area contributed by atoms with Crippen LogP contribution in [0.3, 0.4) is 0 Å². The summed E-state index contributed by atoms with van der Waals surface area (Å²) in [5, 5.41) is 15.4. The van der Waals surface area contributed by atoms with Gasteiger partial charge in [-0.3, -0.25) is 4.79 Å². The van der Waals surface area contributed by atoms with Crippen molar-refractivity contribution >= 4 is 5.97 Å². The van der Waals surface area contributed by atoms with E-state index in [1.165, 1.54) is 0 Å². The first-order valence-electron chi connectivity index (χ1n) is 12.1. The molecule has 0 amide bonds. The summed E-state index contributed by atoms with van der Waals surface area (Å²) in [5.41, 5.74) is -0.761. The van der Waals surface area contributed by atoms with E-state index in [2.05, 4.69) is 12.2 Å². The van der Waals surface area contributed by atoms with E-state index >= 15 is 0 Å². The second-order valence-electron chi connectivity index (χ2n) is 10.5. The number of nitrogens with one attached hydrogen (secondary N) is 1. The molecule has 6 unspecified atom stereocenters. The number of fused-ring (bicyclic) bond motifs is 2. The molecule has 1 heterocycles. The summed E-state index contributed by atoms with van der Waals surface area (Å²) in [7, 11) is 4.95. The normalized spacial score (nSPS) is 37.8. The summed E-state index contributed by atoms with van der Waals surface area (Å²) in [6.45, 7) is 5.44. The van der Waals surface area contributed by atoms with E-state index in [4.69, 9.17) is 18.9 Å². The number of benzene rings is 1. The molecular weight excluding hydrogens is 422 g/mol. The van der Waals surface area contributed by atoms with Gasteiger partial charge >= 0.3 is 5.97 Å². The minimum atomic E-state index is -0.972. The highest BCUT2D eigenvalue weighted by atomic mass is 16.6. The van der Waals surface area contributed by atoms with Gasteiger partial charge in [-0.05, 0) is 69.7 Å². The number of ether oxygens (including phenoxy) is 4. The molecule has 3 fully saturated rings. The van der Waals surface area contributed by atoms with Gasteiger partial charge in [0.1, 0.15) is 6.10 Å². The van der Waals surface area contributed by atoms with Crippen LogP contribution in [0.4, 0.5) is 0 Å². The Kier molecular flexibility index (Phi) is 6.69. The van der Waals surface area contributed by atoms with Gasteiger partial charge in [0.15, 0.2) is 11.5 Å². The molecule has 0 aromatic heterocycles. The molecule has 0 radical (unpaired) electrons. The fourth-order valence-corrected chi connectivity index (χ4v) is 6.64. The lowest BCUT2D eigenvalue weighted by Gasteiger charge is -2.62. The van der Waals surface area contributed by atoms with E-state index in [1.807, 2.05) is 25.1 Å². The van der Waals surface area contributed by atoms with Crippen molar-refractivity contribution in [2.75, 3.05) is 34.4 Å². The number of hydrogen-bond acceptors (Lipinski definition) is 7. The molecule has 0 spiro atoms. The summed E-state index contributed by atoms with van der Waals surface area (Å²) in [5.74, 6) is 1.02. The Labute approximate surface area is 197 Å². The summed E-state index contributed by atoms with van der Waals surface area (Å²) in [6, 6.07) is 5.91. The highest BCUT2D eigenvalue weighted by molar-refractivity contribution is 5.75. The third kappa shape index (κ3) is 4.02. The van der Waals surface area contributed by atoms with E-state index in [1.54, 1.807) is 21.3 Å². The van der Waals surface area contributed by atoms with Crippen LogP contribution in [0.1, 0.15) is 51.5 Å². The van der Waals surface area contributed by atoms with Crippen molar-refractivity contribution < 1.29 is 28.8 Å². The molecule has 1 aliphatic heterocycles. The maximum absolute atomic E-state index is 12.8. The molecule has 1 aromatic rings. The molecule has 2 N–H and O–H groups in total. The molecule has 7 nitrogen and oxygen atoms in total. The first-order valence-corrected chi connectivity index (χ1v) is 12.1. The van der Waals surface area contributed by atoms with Crippen molar-refractivity contribution in [3.63, 3.8) is 0 Å². The first kappa shape index (κ1) is 24.3.